The molecule has 0 aliphatic heterocycles. The van der Waals surface area contributed by atoms with Gasteiger partial charge in [0.2, 0.25) is 0 Å². The predicted octanol–water partition coefficient (Wildman–Crippen LogP) is 9.24. The van der Waals surface area contributed by atoms with E-state index in [4.69, 9.17) is 14.8 Å². The molecule has 3 heterocycles. The molecule has 45 heavy (non-hydrogen) atoms. The first kappa shape index (κ1) is 29.3. The molecular formula is C39H32N4OPt. The van der Waals surface area contributed by atoms with Crippen molar-refractivity contribution in [2.24, 2.45) is 0 Å². The number of aryl methyl sites for hydroxylation is 2. The summed E-state index contributed by atoms with van der Waals surface area (Å²) in [6.45, 7) is 10.8. The Kier molecular flexibility index (Phi) is 7.05. The quantitative estimate of drug-likeness (QED) is 0.168. The number of para-hydroxylation sites is 1. The number of rotatable bonds is 4. The minimum atomic E-state index is 0. The van der Waals surface area contributed by atoms with Gasteiger partial charge in [0.25, 0.3) is 0 Å². The van der Waals surface area contributed by atoms with Gasteiger partial charge in [-0.2, -0.15) is 11.2 Å². The van der Waals surface area contributed by atoms with Gasteiger partial charge in [-0.25, -0.2) is 4.98 Å². The van der Waals surface area contributed by atoms with Gasteiger partial charge in [0, 0.05) is 28.9 Å². The van der Waals surface area contributed by atoms with E-state index in [0.29, 0.717) is 11.5 Å². The number of hydrogen-bond donors (Lipinski definition) is 0. The summed E-state index contributed by atoms with van der Waals surface area (Å²) in [6, 6.07) is 36.8. The Bertz CT molecular complexity index is 2250. The summed E-state index contributed by atoms with van der Waals surface area (Å²) in [5.41, 5.74) is 11.1. The summed E-state index contributed by atoms with van der Waals surface area (Å²) < 4.78 is 10.8. The van der Waals surface area contributed by atoms with E-state index in [2.05, 4.69) is 123 Å². The van der Waals surface area contributed by atoms with Gasteiger partial charge in [-0.3, -0.25) is 4.68 Å². The van der Waals surface area contributed by atoms with E-state index in [1.54, 1.807) is 0 Å². The summed E-state index contributed by atoms with van der Waals surface area (Å²) in [7, 11) is 0. The second-order valence-corrected chi connectivity index (χ2v) is 12.7. The molecule has 1 aliphatic rings. The molecule has 0 fully saturated rings. The van der Waals surface area contributed by atoms with Gasteiger partial charge in [0.05, 0.1) is 5.69 Å². The molecule has 7 aromatic rings. The number of benzene rings is 4. The Hall–Kier alpha value is -4.47. The van der Waals surface area contributed by atoms with Crippen LogP contribution in [0.3, 0.4) is 0 Å². The largest absolute Gasteiger partial charge is 2.00 e. The zero-order valence-corrected chi connectivity index (χ0v) is 28.2. The van der Waals surface area contributed by atoms with Crippen molar-refractivity contribution in [3.05, 3.63) is 131 Å². The zero-order chi connectivity index (χ0) is 30.2. The summed E-state index contributed by atoms with van der Waals surface area (Å²) in [5, 5.41) is 7.08. The molecule has 224 valence electrons. The molecule has 1 aliphatic carbocycles. The first-order chi connectivity index (χ1) is 21.2. The van der Waals surface area contributed by atoms with Crippen LogP contribution in [-0.4, -0.2) is 19.3 Å². The van der Waals surface area contributed by atoms with Gasteiger partial charge in [-0.15, -0.1) is 35.2 Å². The van der Waals surface area contributed by atoms with Crippen LogP contribution in [0, 0.1) is 26.0 Å². The average Bonchev–Trinajstić information content (AvgIpc) is 3.66. The number of pyridine rings is 1. The SMILES string of the molecule is Cc1cc(C)n(-c2[c-]c(Oc3[c-]c4c(cc3)c3ccccc3n4-c3cc(C(C)(C)C)ccn3)cc3c2-c2ccccc2C3)n1.[Pt+2]. The van der Waals surface area contributed by atoms with E-state index >= 15 is 0 Å². The fraction of sp³-hybridized carbons (Fsp3) is 0.179. The Morgan fingerprint density at radius 3 is 2.40 bits per heavy atom. The van der Waals surface area contributed by atoms with Crippen LogP contribution < -0.4 is 4.74 Å². The molecule has 6 heteroatoms. The van der Waals surface area contributed by atoms with E-state index < -0.39 is 0 Å². The fourth-order valence-corrected chi connectivity index (χ4v) is 6.53. The minimum Gasteiger partial charge on any atom is -0.509 e. The van der Waals surface area contributed by atoms with Crippen LogP contribution in [0.2, 0.25) is 0 Å². The molecule has 0 bridgehead atoms. The molecule has 0 saturated carbocycles. The average molecular weight is 768 g/mol. The van der Waals surface area contributed by atoms with Crippen LogP contribution in [0.1, 0.15) is 48.8 Å². The van der Waals surface area contributed by atoms with Gasteiger partial charge in [-0.1, -0.05) is 79.9 Å². The van der Waals surface area contributed by atoms with Gasteiger partial charge in [0.1, 0.15) is 5.82 Å². The first-order valence-corrected chi connectivity index (χ1v) is 15.1. The second kappa shape index (κ2) is 10.9. The molecule has 8 rings (SSSR count). The number of aromatic nitrogens is 4. The van der Waals surface area contributed by atoms with Gasteiger partial charge in [-0.05, 0) is 72.1 Å². The number of ether oxygens (including phenoxy) is 1. The molecule has 0 N–H and O–H groups in total. The second-order valence-electron chi connectivity index (χ2n) is 12.7. The third-order valence-electron chi connectivity index (χ3n) is 8.61. The zero-order valence-electron chi connectivity index (χ0n) is 25.9. The van der Waals surface area contributed by atoms with Crippen molar-refractivity contribution in [2.45, 2.75) is 46.5 Å². The topological polar surface area (TPSA) is 44.9 Å². The number of nitrogens with zero attached hydrogens (tertiary/aromatic N) is 4. The maximum absolute atomic E-state index is 6.60. The van der Waals surface area contributed by atoms with Crippen molar-refractivity contribution in [1.82, 2.24) is 19.3 Å². The van der Waals surface area contributed by atoms with Crippen LogP contribution in [-0.2, 0) is 32.9 Å². The van der Waals surface area contributed by atoms with Crippen LogP contribution in [0.4, 0.5) is 0 Å². The van der Waals surface area contributed by atoms with Crippen LogP contribution in [0.15, 0.2) is 91.1 Å². The molecule has 0 unspecified atom stereocenters. The summed E-state index contributed by atoms with van der Waals surface area (Å²) in [6.07, 6.45) is 2.74. The van der Waals surface area contributed by atoms with E-state index in [0.717, 1.165) is 51.1 Å². The molecule has 0 atom stereocenters. The van der Waals surface area contributed by atoms with E-state index in [-0.39, 0.29) is 26.5 Å². The molecule has 0 radical (unpaired) electrons. The standard InChI is InChI=1S/C39H32N4O.Pt/c1-24-18-25(2)43(41-24)36-23-30(20-27-19-26-10-6-7-11-31(26)38(27)36)44-29-14-15-33-32-12-8-9-13-34(32)42(35(33)22-29)37-21-28(16-17-40-37)39(3,4)5;/h6-18,20-21H,19H2,1-5H3;/q-2;+2. The maximum Gasteiger partial charge on any atom is 2.00 e. The third-order valence-corrected chi connectivity index (χ3v) is 8.61. The van der Waals surface area contributed by atoms with E-state index in [1.807, 2.05) is 23.9 Å². The first-order valence-electron chi connectivity index (χ1n) is 15.1. The molecule has 0 spiro atoms. The van der Waals surface area contributed by atoms with Gasteiger partial charge < -0.3 is 9.30 Å². The van der Waals surface area contributed by atoms with Crippen LogP contribution >= 0.6 is 0 Å². The van der Waals surface area contributed by atoms with Crippen molar-refractivity contribution < 1.29 is 25.8 Å². The van der Waals surface area contributed by atoms with Gasteiger partial charge >= 0.3 is 21.1 Å². The third kappa shape index (κ3) is 4.91. The predicted molar refractivity (Wildman–Crippen MR) is 176 cm³/mol. The minimum absolute atomic E-state index is 0. The normalized spacial score (nSPS) is 12.3. The number of hydrogen-bond acceptors (Lipinski definition) is 3. The molecule has 0 saturated heterocycles. The number of fused-ring (bicyclic) bond motifs is 6. The molecule has 5 nitrogen and oxygen atoms in total. The molecule has 4 aromatic carbocycles. The van der Waals surface area contributed by atoms with E-state index in [9.17, 15) is 0 Å². The Balaban J connectivity index is 0.00000325. The Morgan fingerprint density at radius 2 is 1.60 bits per heavy atom. The molecule has 0 amide bonds. The summed E-state index contributed by atoms with van der Waals surface area (Å²) in [5.74, 6) is 2.13. The summed E-state index contributed by atoms with van der Waals surface area (Å²) >= 11 is 0. The van der Waals surface area contributed by atoms with Crippen molar-refractivity contribution in [3.63, 3.8) is 0 Å². The maximum atomic E-state index is 6.60. The Morgan fingerprint density at radius 1 is 0.800 bits per heavy atom. The smallest absolute Gasteiger partial charge is 0.509 e. The van der Waals surface area contributed by atoms with Crippen molar-refractivity contribution >= 4 is 21.8 Å². The van der Waals surface area contributed by atoms with Crippen molar-refractivity contribution in [3.8, 4) is 34.1 Å². The molecular weight excluding hydrogens is 736 g/mol. The molecule has 3 aromatic heterocycles. The van der Waals surface area contributed by atoms with Crippen molar-refractivity contribution in [1.29, 1.82) is 0 Å². The summed E-state index contributed by atoms with van der Waals surface area (Å²) in [4.78, 5) is 4.81. The fourth-order valence-electron chi connectivity index (χ4n) is 6.53. The Labute approximate surface area is 277 Å². The monoisotopic (exact) mass is 767 g/mol. The van der Waals surface area contributed by atoms with Gasteiger partial charge in [0.15, 0.2) is 0 Å². The van der Waals surface area contributed by atoms with E-state index in [1.165, 1.54) is 27.8 Å². The van der Waals surface area contributed by atoms with Crippen molar-refractivity contribution in [2.75, 3.05) is 0 Å². The van der Waals surface area contributed by atoms with Crippen LogP contribution in [0.25, 0.3) is 44.4 Å². The van der Waals surface area contributed by atoms with Crippen LogP contribution in [0.5, 0.6) is 11.5 Å².